The largest absolute Gasteiger partial charge is 0.497 e. The van der Waals surface area contributed by atoms with E-state index in [4.69, 9.17) is 28.6 Å². The highest BCUT2D eigenvalue weighted by Crippen LogP contribution is 2.37. The van der Waals surface area contributed by atoms with Crippen LogP contribution in [-0.4, -0.2) is 17.3 Å². The van der Waals surface area contributed by atoms with Gasteiger partial charge in [0.05, 0.1) is 22.7 Å². The smallest absolute Gasteiger partial charge is 0.270 e. The molecule has 1 aliphatic rings. The quantitative estimate of drug-likeness (QED) is 0.560. The monoisotopic (exact) mass is 379 g/mol. The molecular formula is C17H11ClFNO2S2. The molecule has 0 unspecified atom stereocenters. The molecule has 24 heavy (non-hydrogen) atoms. The molecule has 122 valence electrons. The summed E-state index contributed by atoms with van der Waals surface area (Å²) in [5, 5.41) is 0.240. The average Bonchev–Trinajstić information content (AvgIpc) is 2.85. The van der Waals surface area contributed by atoms with Crippen LogP contribution in [0.4, 0.5) is 10.1 Å². The first-order valence-electron chi connectivity index (χ1n) is 6.87. The van der Waals surface area contributed by atoms with Crippen LogP contribution in [0.1, 0.15) is 5.56 Å². The molecule has 1 aliphatic heterocycles. The van der Waals surface area contributed by atoms with Crippen molar-refractivity contribution in [3.05, 3.63) is 63.8 Å². The number of thioether (sulfide) groups is 1. The highest BCUT2D eigenvalue weighted by atomic mass is 35.5. The average molecular weight is 380 g/mol. The second kappa shape index (κ2) is 6.93. The third-order valence-electron chi connectivity index (χ3n) is 3.40. The number of ether oxygens (including phenoxy) is 1. The predicted octanol–water partition coefficient (Wildman–Crippen LogP) is 4.89. The van der Waals surface area contributed by atoms with Crippen molar-refractivity contribution in [2.24, 2.45) is 0 Å². The molecule has 1 saturated heterocycles. The number of anilines is 1. The lowest BCUT2D eigenvalue weighted by molar-refractivity contribution is -0.113. The minimum atomic E-state index is -0.489. The number of carbonyl (C=O) groups is 1. The summed E-state index contributed by atoms with van der Waals surface area (Å²) >= 11 is 12.4. The molecule has 3 rings (SSSR count). The van der Waals surface area contributed by atoms with Gasteiger partial charge in [-0.15, -0.1) is 0 Å². The van der Waals surface area contributed by atoms with Crippen molar-refractivity contribution in [3.8, 4) is 5.75 Å². The maximum atomic E-state index is 13.9. The van der Waals surface area contributed by atoms with Gasteiger partial charge in [-0.05, 0) is 42.5 Å². The molecule has 0 atom stereocenters. The summed E-state index contributed by atoms with van der Waals surface area (Å²) in [7, 11) is 1.56. The van der Waals surface area contributed by atoms with Crippen LogP contribution in [0.25, 0.3) is 6.08 Å². The van der Waals surface area contributed by atoms with Crippen LogP contribution in [0.2, 0.25) is 5.02 Å². The summed E-state index contributed by atoms with van der Waals surface area (Å²) in [6, 6.07) is 11.3. The molecule has 2 aromatic rings. The minimum absolute atomic E-state index is 0.175. The highest BCUT2D eigenvalue weighted by Gasteiger charge is 2.33. The Balaban J connectivity index is 1.95. The molecule has 0 spiro atoms. The van der Waals surface area contributed by atoms with Crippen molar-refractivity contribution >= 4 is 57.6 Å². The standard InChI is InChI=1S/C17H11ClFNO2S2/c1-22-11-7-5-10(6-8-11)20-16(21)15(24-17(20)23)9-12-13(18)3-2-4-14(12)19/h2-9H,1H3/b15-9-. The molecule has 2 aromatic carbocycles. The molecule has 0 saturated carbocycles. The van der Waals surface area contributed by atoms with Crippen LogP contribution >= 0.6 is 35.6 Å². The van der Waals surface area contributed by atoms with Crippen molar-refractivity contribution < 1.29 is 13.9 Å². The molecule has 0 N–H and O–H groups in total. The van der Waals surface area contributed by atoms with Crippen molar-refractivity contribution in [2.45, 2.75) is 0 Å². The van der Waals surface area contributed by atoms with E-state index in [2.05, 4.69) is 0 Å². The minimum Gasteiger partial charge on any atom is -0.497 e. The Kier molecular flexibility index (Phi) is 4.89. The number of halogens is 2. The maximum Gasteiger partial charge on any atom is 0.270 e. The Morgan fingerprint density at radius 2 is 1.96 bits per heavy atom. The van der Waals surface area contributed by atoms with Crippen molar-refractivity contribution in [1.82, 2.24) is 0 Å². The van der Waals surface area contributed by atoms with Gasteiger partial charge in [0.15, 0.2) is 4.32 Å². The van der Waals surface area contributed by atoms with Gasteiger partial charge in [0.1, 0.15) is 11.6 Å². The number of hydrogen-bond donors (Lipinski definition) is 0. The first kappa shape index (κ1) is 17.0. The molecule has 7 heteroatoms. The molecule has 3 nitrogen and oxygen atoms in total. The van der Waals surface area contributed by atoms with Gasteiger partial charge in [-0.3, -0.25) is 9.69 Å². The summed E-state index contributed by atoms with van der Waals surface area (Å²) < 4.78 is 19.4. The first-order chi connectivity index (χ1) is 11.5. The second-order valence-electron chi connectivity index (χ2n) is 4.85. The van der Waals surface area contributed by atoms with E-state index >= 15 is 0 Å². The topological polar surface area (TPSA) is 29.5 Å². The molecule has 1 amide bonds. The summed E-state index contributed by atoms with van der Waals surface area (Å²) in [6.07, 6.45) is 1.43. The maximum absolute atomic E-state index is 13.9. The van der Waals surface area contributed by atoms with E-state index in [0.717, 1.165) is 11.8 Å². The Hall–Kier alpha value is -1.89. The number of thiocarbonyl (C=S) groups is 1. The molecule has 0 aromatic heterocycles. The summed E-state index contributed by atoms with van der Waals surface area (Å²) in [6.45, 7) is 0. The third kappa shape index (κ3) is 3.17. The summed E-state index contributed by atoms with van der Waals surface area (Å²) in [5.41, 5.74) is 0.802. The van der Waals surface area contributed by atoms with Crippen molar-refractivity contribution in [2.75, 3.05) is 12.0 Å². The molecule has 0 aliphatic carbocycles. The van der Waals surface area contributed by atoms with Gasteiger partial charge >= 0.3 is 0 Å². The molecule has 0 radical (unpaired) electrons. The van der Waals surface area contributed by atoms with Gasteiger partial charge in [0, 0.05) is 5.56 Å². The van der Waals surface area contributed by atoms with E-state index in [-0.39, 0.29) is 16.5 Å². The lowest BCUT2D eigenvalue weighted by Crippen LogP contribution is -2.27. The molecule has 1 heterocycles. The van der Waals surface area contributed by atoms with E-state index in [9.17, 15) is 9.18 Å². The summed E-state index contributed by atoms with van der Waals surface area (Å²) in [4.78, 5) is 14.4. The van der Waals surface area contributed by atoms with Gasteiger partial charge in [0.2, 0.25) is 0 Å². The number of rotatable bonds is 3. The molecular weight excluding hydrogens is 369 g/mol. The van der Waals surface area contributed by atoms with Gasteiger partial charge in [-0.25, -0.2) is 4.39 Å². The zero-order chi connectivity index (χ0) is 17.3. The second-order valence-corrected chi connectivity index (χ2v) is 6.93. The number of benzene rings is 2. The third-order valence-corrected chi connectivity index (χ3v) is 5.03. The van der Waals surface area contributed by atoms with Crippen molar-refractivity contribution in [1.29, 1.82) is 0 Å². The Morgan fingerprint density at radius 1 is 1.25 bits per heavy atom. The van der Waals surface area contributed by atoms with E-state index in [1.807, 2.05) is 0 Å². The normalized spacial score (nSPS) is 16.1. The molecule has 1 fully saturated rings. The van der Waals surface area contributed by atoms with Gasteiger partial charge in [-0.2, -0.15) is 0 Å². The lowest BCUT2D eigenvalue weighted by atomic mass is 10.2. The Morgan fingerprint density at radius 3 is 2.58 bits per heavy atom. The van der Waals surface area contributed by atoms with E-state index in [0.29, 0.717) is 20.7 Å². The van der Waals surface area contributed by atoms with Crippen LogP contribution in [0.5, 0.6) is 5.75 Å². The number of methoxy groups -OCH3 is 1. The van der Waals surface area contributed by atoms with Gasteiger partial charge in [-0.1, -0.05) is 41.6 Å². The Labute approximate surface area is 153 Å². The highest BCUT2D eigenvalue weighted by molar-refractivity contribution is 8.27. The van der Waals surface area contributed by atoms with Crippen LogP contribution in [0, 0.1) is 5.82 Å². The van der Waals surface area contributed by atoms with Gasteiger partial charge < -0.3 is 4.74 Å². The fraction of sp³-hybridized carbons (Fsp3) is 0.0588. The van der Waals surface area contributed by atoms with Crippen LogP contribution in [-0.2, 0) is 4.79 Å². The predicted molar refractivity (Wildman–Crippen MR) is 100 cm³/mol. The fourth-order valence-electron chi connectivity index (χ4n) is 2.20. The number of amides is 1. The number of carbonyl (C=O) groups excluding carboxylic acids is 1. The van der Waals surface area contributed by atoms with E-state index in [1.54, 1.807) is 37.4 Å². The summed E-state index contributed by atoms with van der Waals surface area (Å²) in [5.74, 6) is -0.121. The first-order valence-corrected chi connectivity index (χ1v) is 8.47. The Bertz CT molecular complexity index is 832. The van der Waals surface area contributed by atoms with Crippen molar-refractivity contribution in [3.63, 3.8) is 0 Å². The van der Waals surface area contributed by atoms with E-state index in [1.165, 1.54) is 23.1 Å². The lowest BCUT2D eigenvalue weighted by Gasteiger charge is -2.14. The van der Waals surface area contributed by atoms with Crippen LogP contribution in [0.15, 0.2) is 47.4 Å². The number of hydrogen-bond acceptors (Lipinski definition) is 4. The van der Waals surface area contributed by atoms with Crippen LogP contribution < -0.4 is 9.64 Å². The van der Waals surface area contributed by atoms with E-state index < -0.39 is 5.82 Å². The SMILES string of the molecule is COc1ccc(N2C(=O)/C(=C/c3c(F)cccc3Cl)SC2=S)cc1. The number of nitrogens with zero attached hydrogens (tertiary/aromatic N) is 1. The zero-order valence-corrected chi connectivity index (χ0v) is 14.8. The molecule has 0 bridgehead atoms. The van der Waals surface area contributed by atoms with Crippen LogP contribution in [0.3, 0.4) is 0 Å². The fourth-order valence-corrected chi connectivity index (χ4v) is 3.70. The zero-order valence-electron chi connectivity index (χ0n) is 12.5. The van der Waals surface area contributed by atoms with Gasteiger partial charge in [0.25, 0.3) is 5.91 Å².